The Hall–Kier alpha value is -1.66. The van der Waals surface area contributed by atoms with E-state index in [1.807, 2.05) is 0 Å². The summed E-state index contributed by atoms with van der Waals surface area (Å²) in [7, 11) is 0. The topological polar surface area (TPSA) is 98.3 Å². The van der Waals surface area contributed by atoms with E-state index in [0.29, 0.717) is 11.4 Å². The van der Waals surface area contributed by atoms with Crippen molar-refractivity contribution >= 4 is 0 Å². The van der Waals surface area contributed by atoms with Crippen LogP contribution in [0.4, 0.5) is 0 Å². The van der Waals surface area contributed by atoms with Crippen LogP contribution in [0.5, 0.6) is 0 Å². The van der Waals surface area contributed by atoms with Gasteiger partial charge >= 0.3 is 0 Å². The van der Waals surface area contributed by atoms with E-state index in [4.69, 9.17) is 14.7 Å². The van der Waals surface area contributed by atoms with Crippen molar-refractivity contribution in [3.05, 3.63) is 24.5 Å². The number of hydrogen-bond acceptors (Lipinski definition) is 6. The van der Waals surface area contributed by atoms with E-state index in [0.717, 1.165) is 0 Å². The highest BCUT2D eigenvalue weighted by atomic mass is 16.5. The Morgan fingerprint density at radius 2 is 2.43 bits per heavy atom. The zero-order chi connectivity index (χ0) is 9.97. The van der Waals surface area contributed by atoms with E-state index in [-0.39, 0.29) is 12.4 Å². The lowest BCUT2D eigenvalue weighted by Gasteiger charge is -1.97. The van der Waals surface area contributed by atoms with E-state index in [1.165, 1.54) is 12.5 Å². The number of aliphatic hydroxyl groups excluding tert-OH is 1. The predicted molar refractivity (Wildman–Crippen MR) is 46.0 cm³/mol. The summed E-state index contributed by atoms with van der Waals surface area (Å²) in [6, 6.07) is 1.70. The second-order valence-corrected chi connectivity index (χ2v) is 2.72. The van der Waals surface area contributed by atoms with Crippen LogP contribution in [0.2, 0.25) is 0 Å². The summed E-state index contributed by atoms with van der Waals surface area (Å²) in [5.74, 6) is 0.491. The molecule has 0 unspecified atom stereocenters. The summed E-state index contributed by atoms with van der Waals surface area (Å²) in [6.07, 6.45) is 2.08. The molecule has 0 aliphatic rings. The van der Waals surface area contributed by atoms with Crippen molar-refractivity contribution in [2.24, 2.45) is 5.73 Å². The molecule has 1 atom stereocenters. The highest BCUT2D eigenvalue weighted by molar-refractivity contribution is 5.51. The van der Waals surface area contributed by atoms with Crippen LogP contribution >= 0.6 is 0 Å². The van der Waals surface area contributed by atoms with Gasteiger partial charge in [0.25, 0.3) is 5.89 Å². The summed E-state index contributed by atoms with van der Waals surface area (Å²) >= 11 is 0. The molecular formula is C8H9N3O3. The van der Waals surface area contributed by atoms with Gasteiger partial charge in [-0.1, -0.05) is 5.16 Å². The van der Waals surface area contributed by atoms with Gasteiger partial charge in [0.2, 0.25) is 5.82 Å². The van der Waals surface area contributed by atoms with Crippen molar-refractivity contribution in [2.45, 2.75) is 6.10 Å². The Balaban J connectivity index is 2.26. The number of nitrogens with two attached hydrogens (primary N) is 1. The van der Waals surface area contributed by atoms with Crippen molar-refractivity contribution in [3.8, 4) is 11.4 Å². The fraction of sp³-hybridized carbons (Fsp3) is 0.250. The van der Waals surface area contributed by atoms with Crippen LogP contribution in [-0.2, 0) is 0 Å². The van der Waals surface area contributed by atoms with E-state index in [9.17, 15) is 5.11 Å². The minimum Gasteiger partial charge on any atom is -0.472 e. The molecule has 0 amide bonds. The third kappa shape index (κ3) is 1.52. The van der Waals surface area contributed by atoms with Gasteiger partial charge in [0.1, 0.15) is 12.4 Å². The molecule has 0 aliphatic heterocycles. The lowest BCUT2D eigenvalue weighted by molar-refractivity contribution is 0.141. The van der Waals surface area contributed by atoms with Gasteiger partial charge in [0, 0.05) is 6.54 Å². The molecule has 0 aliphatic carbocycles. The smallest absolute Gasteiger partial charge is 0.257 e. The highest BCUT2D eigenvalue weighted by Gasteiger charge is 2.15. The lowest BCUT2D eigenvalue weighted by Crippen LogP contribution is -2.11. The van der Waals surface area contributed by atoms with Crippen LogP contribution in [0.25, 0.3) is 11.4 Å². The van der Waals surface area contributed by atoms with E-state index in [2.05, 4.69) is 10.1 Å². The van der Waals surface area contributed by atoms with Gasteiger partial charge in [0.15, 0.2) is 0 Å². The molecule has 3 N–H and O–H groups in total. The molecule has 0 spiro atoms. The van der Waals surface area contributed by atoms with E-state index < -0.39 is 6.10 Å². The van der Waals surface area contributed by atoms with Crippen LogP contribution in [0.15, 0.2) is 27.5 Å². The Labute approximate surface area is 79.3 Å². The summed E-state index contributed by atoms with van der Waals surface area (Å²) in [5, 5.41) is 13.0. The average molecular weight is 195 g/mol. The molecule has 0 fully saturated rings. The fourth-order valence-corrected chi connectivity index (χ4v) is 0.980. The van der Waals surface area contributed by atoms with Crippen LogP contribution in [0.3, 0.4) is 0 Å². The standard InChI is InChI=1S/C8H9N3O3/c9-3-6(12)8-10-7(11-14-8)5-1-2-13-4-5/h1-2,4,6,12H,3,9H2/t6-/m0/s1. The van der Waals surface area contributed by atoms with Crippen LogP contribution in [0.1, 0.15) is 12.0 Å². The summed E-state index contributed by atoms with van der Waals surface area (Å²) in [5.41, 5.74) is 5.93. The first-order valence-corrected chi connectivity index (χ1v) is 4.05. The molecule has 0 saturated heterocycles. The number of nitrogens with zero attached hydrogens (tertiary/aromatic N) is 2. The van der Waals surface area contributed by atoms with Crippen molar-refractivity contribution < 1.29 is 14.0 Å². The van der Waals surface area contributed by atoms with Crippen LogP contribution in [-0.4, -0.2) is 21.8 Å². The minimum atomic E-state index is -0.914. The second-order valence-electron chi connectivity index (χ2n) is 2.72. The molecular weight excluding hydrogens is 186 g/mol. The molecule has 0 bridgehead atoms. The predicted octanol–water partition coefficient (Wildman–Crippen LogP) is 0.322. The molecule has 2 aromatic heterocycles. The molecule has 0 saturated carbocycles. The lowest BCUT2D eigenvalue weighted by atomic mass is 10.3. The monoisotopic (exact) mass is 195 g/mol. The first kappa shape index (κ1) is 8.92. The Morgan fingerprint density at radius 3 is 3.07 bits per heavy atom. The van der Waals surface area contributed by atoms with Crippen LogP contribution in [0, 0.1) is 0 Å². The maximum Gasteiger partial charge on any atom is 0.257 e. The van der Waals surface area contributed by atoms with Crippen molar-refractivity contribution in [1.29, 1.82) is 0 Å². The maximum atomic E-state index is 9.30. The zero-order valence-corrected chi connectivity index (χ0v) is 7.25. The molecule has 2 heterocycles. The second kappa shape index (κ2) is 3.60. The number of hydrogen-bond donors (Lipinski definition) is 2. The molecule has 6 nitrogen and oxygen atoms in total. The van der Waals surface area contributed by atoms with Gasteiger partial charge in [-0.05, 0) is 6.07 Å². The first-order valence-electron chi connectivity index (χ1n) is 4.05. The van der Waals surface area contributed by atoms with E-state index in [1.54, 1.807) is 6.07 Å². The van der Waals surface area contributed by atoms with Gasteiger partial charge in [-0.3, -0.25) is 0 Å². The molecule has 6 heteroatoms. The van der Waals surface area contributed by atoms with Crippen LogP contribution < -0.4 is 5.73 Å². The Morgan fingerprint density at radius 1 is 1.57 bits per heavy atom. The SMILES string of the molecule is NC[C@H](O)c1nc(-c2ccoc2)no1. The molecule has 2 rings (SSSR count). The zero-order valence-electron chi connectivity index (χ0n) is 7.25. The Kier molecular flexibility index (Phi) is 2.30. The normalized spacial score (nSPS) is 13.0. The molecule has 74 valence electrons. The van der Waals surface area contributed by atoms with Gasteiger partial charge < -0.3 is 19.8 Å². The van der Waals surface area contributed by atoms with Gasteiger partial charge in [-0.15, -0.1) is 0 Å². The van der Waals surface area contributed by atoms with Crippen molar-refractivity contribution in [1.82, 2.24) is 10.1 Å². The first-order chi connectivity index (χ1) is 6.81. The maximum absolute atomic E-state index is 9.30. The average Bonchev–Trinajstić information content (AvgIpc) is 2.86. The summed E-state index contributed by atoms with van der Waals surface area (Å²) in [4.78, 5) is 3.96. The molecule has 2 aromatic rings. The third-order valence-corrected chi connectivity index (χ3v) is 1.73. The molecule has 0 aromatic carbocycles. The highest BCUT2D eigenvalue weighted by Crippen LogP contribution is 2.18. The largest absolute Gasteiger partial charge is 0.472 e. The fourth-order valence-electron chi connectivity index (χ4n) is 0.980. The Bertz CT molecular complexity index is 396. The van der Waals surface area contributed by atoms with Gasteiger partial charge in [-0.2, -0.15) is 4.98 Å². The summed E-state index contributed by atoms with van der Waals surface area (Å²) < 4.78 is 9.66. The van der Waals surface area contributed by atoms with Gasteiger partial charge in [-0.25, -0.2) is 0 Å². The molecule has 0 radical (unpaired) electrons. The van der Waals surface area contributed by atoms with Crippen molar-refractivity contribution in [2.75, 3.05) is 6.54 Å². The number of aliphatic hydroxyl groups is 1. The van der Waals surface area contributed by atoms with Gasteiger partial charge in [0.05, 0.1) is 11.8 Å². The number of furan rings is 1. The number of rotatable bonds is 3. The molecule has 14 heavy (non-hydrogen) atoms. The van der Waals surface area contributed by atoms with Crippen molar-refractivity contribution in [3.63, 3.8) is 0 Å². The number of aromatic nitrogens is 2. The quantitative estimate of drug-likeness (QED) is 0.731. The van der Waals surface area contributed by atoms with E-state index >= 15 is 0 Å². The summed E-state index contributed by atoms with van der Waals surface area (Å²) in [6.45, 7) is 0.0486. The third-order valence-electron chi connectivity index (χ3n) is 1.73. The minimum absolute atomic E-state index is 0.0486.